The molecule has 0 aromatic carbocycles. The van der Waals surface area contributed by atoms with Crippen LogP contribution >= 0.6 is 11.8 Å². The van der Waals surface area contributed by atoms with E-state index in [4.69, 9.17) is 5.11 Å². The lowest BCUT2D eigenvalue weighted by atomic mass is 10.0. The van der Waals surface area contributed by atoms with Gasteiger partial charge in [-0.1, -0.05) is 34.6 Å². The number of carboxylic acids is 1. The summed E-state index contributed by atoms with van der Waals surface area (Å²) in [5.41, 5.74) is 0. The largest absolute Gasteiger partial charge is 0.480 e. The van der Waals surface area contributed by atoms with Crippen LogP contribution in [0.2, 0.25) is 0 Å². The first-order valence-corrected chi connectivity index (χ1v) is 8.65. The summed E-state index contributed by atoms with van der Waals surface area (Å²) in [5.74, 6) is -0.589. The van der Waals surface area contributed by atoms with Crippen molar-refractivity contribution in [1.29, 1.82) is 0 Å². The predicted octanol–water partition coefficient (Wildman–Crippen LogP) is 1.50. The molecule has 3 N–H and O–H groups in total. The van der Waals surface area contributed by atoms with E-state index < -0.39 is 17.9 Å². The minimum atomic E-state index is -1.06. The van der Waals surface area contributed by atoms with Gasteiger partial charge >= 0.3 is 5.97 Å². The molecule has 0 aromatic rings. The molecule has 0 saturated carbocycles. The van der Waals surface area contributed by atoms with Crippen LogP contribution in [-0.4, -0.2) is 46.5 Å². The van der Waals surface area contributed by atoms with E-state index in [0.717, 1.165) is 5.75 Å². The molecule has 0 aliphatic heterocycles. The number of aliphatic carboxylic acids is 1. The second-order valence-corrected chi connectivity index (χ2v) is 7.34. The first kappa shape index (κ1) is 20.8. The molecule has 22 heavy (non-hydrogen) atoms. The highest BCUT2D eigenvalue weighted by molar-refractivity contribution is 8.00. The number of nitrogens with one attached hydrogen (secondary N) is 2. The maximum Gasteiger partial charge on any atom is 0.326 e. The van der Waals surface area contributed by atoms with E-state index in [1.165, 1.54) is 11.8 Å². The van der Waals surface area contributed by atoms with Crippen molar-refractivity contribution in [3.63, 3.8) is 0 Å². The van der Waals surface area contributed by atoms with Gasteiger partial charge in [-0.25, -0.2) is 4.79 Å². The molecule has 0 spiro atoms. The number of carboxylic acid groups (broad SMARTS) is 1. The van der Waals surface area contributed by atoms with Crippen molar-refractivity contribution in [2.45, 2.75) is 52.3 Å². The zero-order valence-electron chi connectivity index (χ0n) is 14.0. The fraction of sp³-hybridized carbons (Fsp3) is 0.800. The molecule has 0 saturated heterocycles. The Morgan fingerprint density at radius 1 is 1.14 bits per heavy atom. The van der Waals surface area contributed by atoms with Crippen LogP contribution in [0.25, 0.3) is 0 Å². The topological polar surface area (TPSA) is 95.5 Å². The lowest BCUT2D eigenvalue weighted by molar-refractivity contribution is -0.142. The van der Waals surface area contributed by atoms with E-state index in [0.29, 0.717) is 6.42 Å². The number of amides is 2. The first-order valence-electron chi connectivity index (χ1n) is 7.60. The van der Waals surface area contributed by atoms with E-state index in [2.05, 4.69) is 10.6 Å². The van der Waals surface area contributed by atoms with Gasteiger partial charge in [-0.2, -0.15) is 0 Å². The molecule has 0 aliphatic carbocycles. The summed E-state index contributed by atoms with van der Waals surface area (Å²) in [6.45, 7) is 9.46. The summed E-state index contributed by atoms with van der Waals surface area (Å²) in [5, 5.41) is 13.9. The third-order valence-electron chi connectivity index (χ3n) is 2.97. The molecule has 0 bridgehead atoms. The lowest BCUT2D eigenvalue weighted by Crippen LogP contribution is -2.47. The quantitative estimate of drug-likeness (QED) is 0.563. The van der Waals surface area contributed by atoms with Crippen molar-refractivity contribution in [3.05, 3.63) is 0 Å². The average molecular weight is 332 g/mol. The smallest absolute Gasteiger partial charge is 0.326 e. The van der Waals surface area contributed by atoms with Gasteiger partial charge in [0.15, 0.2) is 0 Å². The van der Waals surface area contributed by atoms with Crippen molar-refractivity contribution >= 4 is 29.5 Å². The van der Waals surface area contributed by atoms with Gasteiger partial charge in [-0.3, -0.25) is 9.59 Å². The zero-order valence-corrected chi connectivity index (χ0v) is 14.8. The first-order chi connectivity index (χ1) is 10.2. The molecule has 0 aromatic heterocycles. The maximum absolute atomic E-state index is 12.0. The van der Waals surface area contributed by atoms with Crippen LogP contribution in [0.4, 0.5) is 0 Å². The van der Waals surface area contributed by atoms with Crippen molar-refractivity contribution in [2.75, 3.05) is 12.3 Å². The zero-order chi connectivity index (χ0) is 17.3. The number of hydrogen-bond donors (Lipinski definition) is 3. The molecule has 2 atom stereocenters. The standard InChI is InChI=1S/C15H28N2O4S/c1-6-22-13(10(4)5)14(19)16-8-12(18)17-11(15(20)21)7-9(2)3/h9-11,13H,6-8H2,1-5H3,(H,16,19)(H,17,18)(H,20,21)/t11-,13?/m0/s1. The summed E-state index contributed by atoms with van der Waals surface area (Å²) in [7, 11) is 0. The molecule has 7 heteroatoms. The minimum absolute atomic E-state index is 0.155. The van der Waals surface area contributed by atoms with E-state index in [-0.39, 0.29) is 29.5 Å². The number of rotatable bonds is 10. The van der Waals surface area contributed by atoms with E-state index in [1.807, 2.05) is 34.6 Å². The Hall–Kier alpha value is -1.24. The SMILES string of the molecule is CCSC(C(=O)NCC(=O)N[C@@H](CC(C)C)C(=O)O)C(C)C. The Bertz CT molecular complexity index is 386. The van der Waals surface area contributed by atoms with E-state index in [9.17, 15) is 14.4 Å². The Morgan fingerprint density at radius 3 is 2.14 bits per heavy atom. The molecule has 1 unspecified atom stereocenters. The molecule has 0 radical (unpaired) electrons. The highest BCUT2D eigenvalue weighted by atomic mass is 32.2. The van der Waals surface area contributed by atoms with Gasteiger partial charge < -0.3 is 15.7 Å². The third-order valence-corrected chi connectivity index (χ3v) is 4.42. The number of thioether (sulfide) groups is 1. The van der Waals surface area contributed by atoms with Crippen molar-refractivity contribution in [2.24, 2.45) is 11.8 Å². The monoisotopic (exact) mass is 332 g/mol. The summed E-state index contributed by atoms with van der Waals surface area (Å²) < 4.78 is 0. The minimum Gasteiger partial charge on any atom is -0.480 e. The van der Waals surface area contributed by atoms with Gasteiger partial charge in [0.2, 0.25) is 11.8 Å². The number of carbonyl (C=O) groups excluding carboxylic acids is 2. The summed E-state index contributed by atoms with van der Waals surface area (Å²) in [6.07, 6.45) is 0.356. The normalized spacial score (nSPS) is 13.8. The van der Waals surface area contributed by atoms with Crippen LogP contribution < -0.4 is 10.6 Å². The van der Waals surface area contributed by atoms with Gasteiger partial charge in [0, 0.05) is 0 Å². The molecule has 6 nitrogen and oxygen atoms in total. The van der Waals surface area contributed by atoms with Gasteiger partial charge in [0.25, 0.3) is 0 Å². The van der Waals surface area contributed by atoms with Crippen LogP contribution in [0, 0.1) is 11.8 Å². The molecule has 0 heterocycles. The average Bonchev–Trinajstić information content (AvgIpc) is 2.40. The molecule has 2 amide bonds. The van der Waals surface area contributed by atoms with Crippen LogP contribution in [0.1, 0.15) is 41.0 Å². The maximum atomic E-state index is 12.0. The Morgan fingerprint density at radius 2 is 1.73 bits per heavy atom. The van der Waals surface area contributed by atoms with Crippen molar-refractivity contribution in [3.8, 4) is 0 Å². The third kappa shape index (κ3) is 8.26. The Balaban J connectivity index is 4.41. The van der Waals surface area contributed by atoms with Gasteiger partial charge in [0.05, 0.1) is 11.8 Å². The fourth-order valence-electron chi connectivity index (χ4n) is 1.96. The van der Waals surface area contributed by atoms with Crippen LogP contribution in [-0.2, 0) is 14.4 Å². The van der Waals surface area contributed by atoms with Crippen molar-refractivity contribution < 1.29 is 19.5 Å². The van der Waals surface area contributed by atoms with E-state index in [1.54, 1.807) is 0 Å². The summed E-state index contributed by atoms with van der Waals surface area (Å²) in [6, 6.07) is -0.921. The molecular weight excluding hydrogens is 304 g/mol. The summed E-state index contributed by atoms with van der Waals surface area (Å²) >= 11 is 1.53. The highest BCUT2D eigenvalue weighted by Crippen LogP contribution is 2.19. The van der Waals surface area contributed by atoms with Gasteiger partial charge in [0.1, 0.15) is 6.04 Å². The van der Waals surface area contributed by atoms with Crippen LogP contribution in [0.15, 0.2) is 0 Å². The van der Waals surface area contributed by atoms with Crippen LogP contribution in [0.5, 0.6) is 0 Å². The van der Waals surface area contributed by atoms with Crippen molar-refractivity contribution in [1.82, 2.24) is 10.6 Å². The second kappa shape index (κ2) is 10.5. The number of hydrogen-bond acceptors (Lipinski definition) is 4. The fourth-order valence-corrected chi connectivity index (χ4v) is 2.94. The number of carbonyl (C=O) groups is 3. The second-order valence-electron chi connectivity index (χ2n) is 5.93. The van der Waals surface area contributed by atoms with Gasteiger partial charge in [-0.15, -0.1) is 11.8 Å². The van der Waals surface area contributed by atoms with Crippen LogP contribution in [0.3, 0.4) is 0 Å². The van der Waals surface area contributed by atoms with Gasteiger partial charge in [-0.05, 0) is 24.0 Å². The molecule has 0 rings (SSSR count). The Labute approximate surface area is 136 Å². The predicted molar refractivity (Wildman–Crippen MR) is 88.8 cm³/mol. The summed E-state index contributed by atoms with van der Waals surface area (Å²) in [4.78, 5) is 34.9. The lowest BCUT2D eigenvalue weighted by Gasteiger charge is -2.20. The molecule has 0 aliphatic rings. The molecule has 128 valence electrons. The molecular formula is C15H28N2O4S. The van der Waals surface area contributed by atoms with E-state index >= 15 is 0 Å². The molecule has 0 fully saturated rings. The highest BCUT2D eigenvalue weighted by Gasteiger charge is 2.24. The Kier molecular flexibility index (Phi) is 9.89.